The molecule has 0 aromatic carbocycles. The van der Waals surface area contributed by atoms with Crippen molar-refractivity contribution in [3.63, 3.8) is 0 Å². The third kappa shape index (κ3) is 5.26. The molecule has 5 heteroatoms. The van der Waals surface area contributed by atoms with Gasteiger partial charge in [-0.25, -0.2) is 4.98 Å². The van der Waals surface area contributed by atoms with Gasteiger partial charge in [0.05, 0.1) is 0 Å². The molecule has 0 saturated carbocycles. The fourth-order valence-corrected chi connectivity index (χ4v) is 2.02. The van der Waals surface area contributed by atoms with Gasteiger partial charge in [0.15, 0.2) is 0 Å². The molecule has 106 valence electrons. The van der Waals surface area contributed by atoms with Crippen molar-refractivity contribution < 1.29 is 4.79 Å². The number of rotatable bonds is 7. The minimum Gasteiger partial charge on any atom is -0.370 e. The van der Waals surface area contributed by atoms with Gasteiger partial charge in [0.25, 0.3) is 0 Å². The molecule has 0 aliphatic heterocycles. The number of aromatic nitrogens is 1. The quantitative estimate of drug-likeness (QED) is 0.780. The van der Waals surface area contributed by atoms with Gasteiger partial charge in [-0.2, -0.15) is 0 Å². The van der Waals surface area contributed by atoms with E-state index in [2.05, 4.69) is 20.5 Å². The van der Waals surface area contributed by atoms with Gasteiger partial charge in [-0.05, 0) is 31.7 Å². The second-order valence-electron chi connectivity index (χ2n) is 4.79. The van der Waals surface area contributed by atoms with Crippen molar-refractivity contribution in [3.8, 4) is 0 Å². The van der Waals surface area contributed by atoms with Crippen LogP contribution in [-0.2, 0) is 11.3 Å². The third-order valence-corrected chi connectivity index (χ3v) is 2.91. The highest BCUT2D eigenvalue weighted by Crippen LogP contribution is 2.10. The van der Waals surface area contributed by atoms with Crippen LogP contribution in [0.4, 0.5) is 5.82 Å². The Hall–Kier alpha value is -1.62. The van der Waals surface area contributed by atoms with Crippen LogP contribution >= 0.6 is 0 Å². The van der Waals surface area contributed by atoms with Crippen molar-refractivity contribution in [2.75, 3.05) is 32.5 Å². The third-order valence-electron chi connectivity index (χ3n) is 2.91. The Morgan fingerprint density at radius 2 is 2.26 bits per heavy atom. The topological polar surface area (TPSA) is 57.3 Å². The summed E-state index contributed by atoms with van der Waals surface area (Å²) in [6.45, 7) is 6.39. The molecule has 0 saturated heterocycles. The van der Waals surface area contributed by atoms with Gasteiger partial charge in [0.1, 0.15) is 5.82 Å². The maximum absolute atomic E-state index is 11.5. The summed E-state index contributed by atoms with van der Waals surface area (Å²) in [6.07, 6.45) is 1.81. The predicted octanol–water partition coefficient (Wildman–Crippen LogP) is 1.33. The maximum Gasteiger partial charge on any atom is 0.223 e. The molecule has 19 heavy (non-hydrogen) atoms. The van der Waals surface area contributed by atoms with Crippen LogP contribution in [0.3, 0.4) is 0 Å². The number of carbonyl (C=O) groups is 1. The van der Waals surface area contributed by atoms with Crippen molar-refractivity contribution in [2.45, 2.75) is 20.4 Å². The summed E-state index contributed by atoms with van der Waals surface area (Å²) in [7, 11) is 3.69. The smallest absolute Gasteiger partial charge is 0.223 e. The average molecular weight is 264 g/mol. The Bertz CT molecular complexity index is 408. The molecular formula is C14H24N4O. The summed E-state index contributed by atoms with van der Waals surface area (Å²) in [6, 6.07) is 4.05. The standard InChI is InChI=1S/C14H24N4O/c1-5-16-13-8-12(6-7-17-13)10-18(4)9-11(2)14(19)15-3/h6-8,11H,5,9-10H2,1-4H3,(H,15,19)(H,16,17). The first-order chi connectivity index (χ1) is 9.06. The van der Waals surface area contributed by atoms with Crippen molar-refractivity contribution in [1.29, 1.82) is 0 Å². The number of anilines is 1. The first-order valence-electron chi connectivity index (χ1n) is 6.65. The van der Waals surface area contributed by atoms with Crippen LogP contribution in [0.15, 0.2) is 18.3 Å². The Morgan fingerprint density at radius 3 is 2.89 bits per heavy atom. The van der Waals surface area contributed by atoms with Gasteiger partial charge in [0.2, 0.25) is 5.91 Å². The maximum atomic E-state index is 11.5. The van der Waals surface area contributed by atoms with E-state index in [4.69, 9.17) is 0 Å². The largest absolute Gasteiger partial charge is 0.370 e. The van der Waals surface area contributed by atoms with Crippen molar-refractivity contribution in [1.82, 2.24) is 15.2 Å². The lowest BCUT2D eigenvalue weighted by Crippen LogP contribution is -2.34. The van der Waals surface area contributed by atoms with Gasteiger partial charge in [-0.3, -0.25) is 4.79 Å². The van der Waals surface area contributed by atoms with E-state index in [1.165, 1.54) is 5.56 Å². The SMILES string of the molecule is CCNc1cc(CN(C)CC(C)C(=O)NC)ccn1. The molecule has 1 aromatic rings. The van der Waals surface area contributed by atoms with Crippen LogP contribution in [0.1, 0.15) is 19.4 Å². The highest BCUT2D eigenvalue weighted by Gasteiger charge is 2.13. The zero-order valence-corrected chi connectivity index (χ0v) is 12.2. The fourth-order valence-electron chi connectivity index (χ4n) is 2.02. The van der Waals surface area contributed by atoms with Crippen LogP contribution in [0, 0.1) is 5.92 Å². The molecular weight excluding hydrogens is 240 g/mol. The molecule has 0 aliphatic rings. The Morgan fingerprint density at radius 1 is 1.53 bits per heavy atom. The summed E-state index contributed by atoms with van der Waals surface area (Å²) in [5.74, 6) is 0.966. The minimum atomic E-state index is -0.00919. The van der Waals surface area contributed by atoms with Crippen LogP contribution < -0.4 is 10.6 Å². The number of hydrogen-bond donors (Lipinski definition) is 2. The lowest BCUT2D eigenvalue weighted by Gasteiger charge is -2.20. The zero-order chi connectivity index (χ0) is 14.3. The van der Waals surface area contributed by atoms with Gasteiger partial charge >= 0.3 is 0 Å². The average Bonchev–Trinajstić information content (AvgIpc) is 2.38. The lowest BCUT2D eigenvalue weighted by atomic mass is 10.1. The van der Waals surface area contributed by atoms with E-state index in [1.807, 2.05) is 39.2 Å². The molecule has 1 unspecified atom stereocenters. The predicted molar refractivity (Wildman–Crippen MR) is 78.0 cm³/mol. The second-order valence-corrected chi connectivity index (χ2v) is 4.79. The van der Waals surface area contributed by atoms with Crippen LogP contribution in [0.5, 0.6) is 0 Å². The molecule has 0 bridgehead atoms. The highest BCUT2D eigenvalue weighted by atomic mass is 16.1. The van der Waals surface area contributed by atoms with Crippen LogP contribution in [0.25, 0.3) is 0 Å². The van der Waals surface area contributed by atoms with E-state index < -0.39 is 0 Å². The summed E-state index contributed by atoms with van der Waals surface area (Å²) < 4.78 is 0. The molecule has 0 aliphatic carbocycles. The highest BCUT2D eigenvalue weighted by molar-refractivity contribution is 5.78. The molecule has 2 N–H and O–H groups in total. The number of amides is 1. The molecule has 1 atom stereocenters. The van der Waals surface area contributed by atoms with E-state index in [0.717, 1.165) is 25.5 Å². The number of pyridine rings is 1. The van der Waals surface area contributed by atoms with E-state index in [9.17, 15) is 4.79 Å². The van der Waals surface area contributed by atoms with Crippen molar-refractivity contribution in [2.24, 2.45) is 5.92 Å². The minimum absolute atomic E-state index is 0.00919. The fraction of sp³-hybridized carbons (Fsp3) is 0.571. The van der Waals surface area contributed by atoms with Gasteiger partial charge < -0.3 is 15.5 Å². The van der Waals surface area contributed by atoms with Crippen LogP contribution in [0.2, 0.25) is 0 Å². The van der Waals surface area contributed by atoms with Gasteiger partial charge in [-0.1, -0.05) is 6.92 Å². The Balaban J connectivity index is 2.54. The number of carbonyl (C=O) groups excluding carboxylic acids is 1. The van der Waals surface area contributed by atoms with Gasteiger partial charge in [0, 0.05) is 38.8 Å². The van der Waals surface area contributed by atoms with Crippen molar-refractivity contribution in [3.05, 3.63) is 23.9 Å². The van der Waals surface area contributed by atoms with Gasteiger partial charge in [-0.15, -0.1) is 0 Å². The number of nitrogens with zero attached hydrogens (tertiary/aromatic N) is 2. The second kappa shape index (κ2) is 7.74. The number of nitrogens with one attached hydrogen (secondary N) is 2. The Kier molecular flexibility index (Phi) is 6.29. The molecule has 0 fully saturated rings. The summed E-state index contributed by atoms with van der Waals surface area (Å²) in [5.41, 5.74) is 1.19. The lowest BCUT2D eigenvalue weighted by molar-refractivity contribution is -0.124. The summed E-state index contributed by atoms with van der Waals surface area (Å²) in [5, 5.41) is 5.87. The van der Waals surface area contributed by atoms with Crippen LogP contribution in [-0.4, -0.2) is 43.0 Å². The molecule has 5 nitrogen and oxygen atoms in total. The molecule has 1 aromatic heterocycles. The van der Waals surface area contributed by atoms with Crippen molar-refractivity contribution >= 4 is 11.7 Å². The summed E-state index contributed by atoms with van der Waals surface area (Å²) in [4.78, 5) is 17.9. The Labute approximate surface area is 115 Å². The first kappa shape index (κ1) is 15.4. The zero-order valence-electron chi connectivity index (χ0n) is 12.2. The molecule has 1 amide bonds. The van der Waals surface area contributed by atoms with E-state index in [1.54, 1.807) is 7.05 Å². The molecule has 1 rings (SSSR count). The van der Waals surface area contributed by atoms with E-state index >= 15 is 0 Å². The van der Waals surface area contributed by atoms with E-state index in [0.29, 0.717) is 0 Å². The van der Waals surface area contributed by atoms with E-state index in [-0.39, 0.29) is 11.8 Å². The monoisotopic (exact) mass is 264 g/mol. The molecule has 0 radical (unpaired) electrons. The molecule has 1 heterocycles. The number of hydrogen-bond acceptors (Lipinski definition) is 4. The normalized spacial score (nSPS) is 12.3. The molecule has 0 spiro atoms. The first-order valence-corrected chi connectivity index (χ1v) is 6.65. The summed E-state index contributed by atoms with van der Waals surface area (Å²) >= 11 is 0.